The minimum absolute atomic E-state index is 0.0776. The van der Waals surface area contributed by atoms with Gasteiger partial charge in [-0.25, -0.2) is 4.79 Å². The first-order valence-electron chi connectivity index (χ1n) is 4.70. The summed E-state index contributed by atoms with van der Waals surface area (Å²) in [5.74, 6) is 0.842. The predicted octanol–water partition coefficient (Wildman–Crippen LogP) is 2.24. The van der Waals surface area contributed by atoms with Crippen LogP contribution in [-0.4, -0.2) is 12.7 Å². The maximum absolute atomic E-state index is 10.3. The number of ether oxygens (including phenoxy) is 1. The summed E-state index contributed by atoms with van der Waals surface area (Å²) in [5, 5.41) is 0. The number of nitrogens with zero attached hydrogens (tertiary/aromatic N) is 1. The van der Waals surface area contributed by atoms with Crippen LogP contribution in [0.15, 0.2) is 29.3 Å². The molecule has 1 atom stereocenters. The molecule has 0 bridgehead atoms. The molecule has 1 aromatic carbocycles. The van der Waals surface area contributed by atoms with Gasteiger partial charge in [0.05, 0.1) is 12.6 Å². The number of isocyanates is 1. The van der Waals surface area contributed by atoms with E-state index in [1.54, 1.807) is 6.08 Å². The van der Waals surface area contributed by atoms with Crippen molar-refractivity contribution in [2.24, 2.45) is 4.99 Å². The van der Waals surface area contributed by atoms with Crippen molar-refractivity contribution < 1.29 is 9.53 Å². The summed E-state index contributed by atoms with van der Waals surface area (Å²) < 4.78 is 5.54. The van der Waals surface area contributed by atoms with Crippen molar-refractivity contribution in [1.82, 2.24) is 0 Å². The van der Waals surface area contributed by atoms with Gasteiger partial charge in [0, 0.05) is 5.56 Å². The molecular weight excluding hydrogens is 178 g/mol. The second-order valence-electron chi connectivity index (χ2n) is 3.26. The van der Waals surface area contributed by atoms with E-state index in [2.05, 4.69) is 4.99 Å². The first-order chi connectivity index (χ1) is 6.92. The lowest BCUT2D eigenvalue weighted by molar-refractivity contribution is 0.316. The molecular formula is C11H11NO2. The second kappa shape index (κ2) is 4.07. The van der Waals surface area contributed by atoms with Crippen molar-refractivity contribution in [2.45, 2.75) is 18.9 Å². The summed E-state index contributed by atoms with van der Waals surface area (Å²) in [5.41, 5.74) is 0.994. The molecule has 14 heavy (non-hydrogen) atoms. The topological polar surface area (TPSA) is 38.7 Å². The molecule has 0 radical (unpaired) electrons. The van der Waals surface area contributed by atoms with E-state index in [9.17, 15) is 4.79 Å². The van der Waals surface area contributed by atoms with Crippen molar-refractivity contribution >= 4 is 6.08 Å². The molecule has 1 aromatic rings. The van der Waals surface area contributed by atoms with Gasteiger partial charge in [-0.2, -0.15) is 4.99 Å². The molecule has 1 unspecified atom stereocenters. The lowest BCUT2D eigenvalue weighted by atomic mass is 10.0. The maximum atomic E-state index is 10.3. The van der Waals surface area contributed by atoms with Crippen LogP contribution in [0, 0.1) is 0 Å². The Kier molecular flexibility index (Phi) is 2.61. The predicted molar refractivity (Wildman–Crippen MR) is 52.0 cm³/mol. The quantitative estimate of drug-likeness (QED) is 0.502. The molecule has 2 rings (SSSR count). The van der Waals surface area contributed by atoms with Gasteiger partial charge in [0.1, 0.15) is 5.75 Å². The fourth-order valence-corrected chi connectivity index (χ4v) is 1.70. The Labute approximate surface area is 82.4 Å². The molecule has 72 valence electrons. The lowest BCUT2D eigenvalue weighted by Crippen LogP contribution is -1.94. The van der Waals surface area contributed by atoms with Crippen LogP contribution in [0.1, 0.15) is 24.4 Å². The normalized spacial score (nSPS) is 19.9. The summed E-state index contributed by atoms with van der Waals surface area (Å²) in [6.45, 7) is 0.696. The van der Waals surface area contributed by atoms with Crippen molar-refractivity contribution in [3.05, 3.63) is 29.8 Å². The number of hydrogen-bond donors (Lipinski definition) is 0. The van der Waals surface area contributed by atoms with Gasteiger partial charge in [0.15, 0.2) is 0 Å². The fourth-order valence-electron chi connectivity index (χ4n) is 1.70. The number of fused-ring (bicyclic) bond motifs is 1. The van der Waals surface area contributed by atoms with E-state index in [-0.39, 0.29) is 6.04 Å². The Balaban J connectivity index is 2.41. The smallest absolute Gasteiger partial charge is 0.235 e. The Morgan fingerprint density at radius 1 is 1.43 bits per heavy atom. The minimum Gasteiger partial charge on any atom is -0.493 e. The molecule has 0 aromatic heterocycles. The fraction of sp³-hybridized carbons (Fsp3) is 0.364. The molecule has 0 aliphatic carbocycles. The van der Waals surface area contributed by atoms with Gasteiger partial charge in [0.2, 0.25) is 6.08 Å². The molecule has 3 heteroatoms. The summed E-state index contributed by atoms with van der Waals surface area (Å²) in [7, 11) is 0. The highest BCUT2D eigenvalue weighted by atomic mass is 16.5. The molecule has 0 spiro atoms. The van der Waals surface area contributed by atoms with Crippen LogP contribution in [0.2, 0.25) is 0 Å². The van der Waals surface area contributed by atoms with Gasteiger partial charge < -0.3 is 4.74 Å². The average molecular weight is 189 g/mol. The first kappa shape index (κ1) is 8.97. The van der Waals surface area contributed by atoms with E-state index in [0.29, 0.717) is 6.61 Å². The highest BCUT2D eigenvalue weighted by Crippen LogP contribution is 2.33. The number of aliphatic imine (C=N–C) groups is 1. The van der Waals surface area contributed by atoms with E-state index in [0.717, 1.165) is 24.2 Å². The molecule has 0 N–H and O–H groups in total. The third kappa shape index (κ3) is 1.68. The number of carbonyl (C=O) groups excluding carboxylic acids is 1. The summed E-state index contributed by atoms with van der Waals surface area (Å²) in [4.78, 5) is 14.1. The molecule has 1 aliphatic heterocycles. The third-order valence-corrected chi connectivity index (χ3v) is 2.37. The number of hydrogen-bond acceptors (Lipinski definition) is 3. The molecule has 0 saturated carbocycles. The van der Waals surface area contributed by atoms with Crippen LogP contribution in [0.3, 0.4) is 0 Å². The third-order valence-electron chi connectivity index (χ3n) is 2.37. The van der Waals surface area contributed by atoms with Gasteiger partial charge in [-0.15, -0.1) is 0 Å². The van der Waals surface area contributed by atoms with Gasteiger partial charge in [0.25, 0.3) is 0 Å². The van der Waals surface area contributed by atoms with Crippen LogP contribution in [0.5, 0.6) is 5.75 Å². The highest BCUT2D eigenvalue weighted by molar-refractivity contribution is 5.40. The Hall–Kier alpha value is -1.60. The summed E-state index contributed by atoms with van der Waals surface area (Å²) in [6, 6.07) is 7.64. The summed E-state index contributed by atoms with van der Waals surface area (Å²) in [6.07, 6.45) is 3.40. The number of rotatable bonds is 1. The Bertz CT molecular complexity index is 369. The monoisotopic (exact) mass is 189 g/mol. The second-order valence-corrected chi connectivity index (χ2v) is 3.26. The number of benzene rings is 1. The minimum atomic E-state index is -0.0776. The average Bonchev–Trinajstić information content (AvgIpc) is 2.42. The van der Waals surface area contributed by atoms with Gasteiger partial charge >= 0.3 is 0 Å². The Morgan fingerprint density at radius 3 is 3.14 bits per heavy atom. The molecule has 1 aliphatic rings. The molecule has 1 heterocycles. The Morgan fingerprint density at radius 2 is 2.29 bits per heavy atom. The van der Waals surface area contributed by atoms with Crippen molar-refractivity contribution in [3.63, 3.8) is 0 Å². The lowest BCUT2D eigenvalue weighted by Gasteiger charge is -2.09. The molecule has 0 saturated heterocycles. The largest absolute Gasteiger partial charge is 0.493 e. The molecule has 0 fully saturated rings. The SMILES string of the molecule is O=C=NC1CCCOc2ccccc21. The van der Waals surface area contributed by atoms with Gasteiger partial charge in [-0.1, -0.05) is 18.2 Å². The molecule has 0 amide bonds. The summed E-state index contributed by atoms with van der Waals surface area (Å²) >= 11 is 0. The van der Waals surface area contributed by atoms with Crippen LogP contribution in [0.4, 0.5) is 0 Å². The van der Waals surface area contributed by atoms with E-state index in [1.807, 2.05) is 24.3 Å². The van der Waals surface area contributed by atoms with Gasteiger partial charge in [-0.05, 0) is 18.9 Å². The van der Waals surface area contributed by atoms with Crippen LogP contribution in [-0.2, 0) is 4.79 Å². The van der Waals surface area contributed by atoms with Crippen LogP contribution in [0.25, 0.3) is 0 Å². The van der Waals surface area contributed by atoms with Crippen LogP contribution < -0.4 is 4.74 Å². The van der Waals surface area contributed by atoms with E-state index >= 15 is 0 Å². The van der Waals surface area contributed by atoms with Crippen molar-refractivity contribution in [2.75, 3.05) is 6.61 Å². The van der Waals surface area contributed by atoms with Crippen molar-refractivity contribution in [1.29, 1.82) is 0 Å². The zero-order chi connectivity index (χ0) is 9.80. The maximum Gasteiger partial charge on any atom is 0.235 e. The van der Waals surface area contributed by atoms with E-state index in [1.165, 1.54) is 0 Å². The van der Waals surface area contributed by atoms with E-state index < -0.39 is 0 Å². The van der Waals surface area contributed by atoms with E-state index in [4.69, 9.17) is 4.74 Å². The van der Waals surface area contributed by atoms with Crippen LogP contribution >= 0.6 is 0 Å². The van der Waals surface area contributed by atoms with Gasteiger partial charge in [-0.3, -0.25) is 0 Å². The zero-order valence-electron chi connectivity index (χ0n) is 7.77. The number of para-hydroxylation sites is 1. The zero-order valence-corrected chi connectivity index (χ0v) is 7.77. The first-order valence-corrected chi connectivity index (χ1v) is 4.70. The van der Waals surface area contributed by atoms with Crippen molar-refractivity contribution in [3.8, 4) is 5.75 Å². The molecule has 3 nitrogen and oxygen atoms in total. The highest BCUT2D eigenvalue weighted by Gasteiger charge is 2.18. The standard InChI is InChI=1S/C11H11NO2/c13-8-12-10-5-3-7-14-11-6-2-1-4-9(10)11/h1-2,4,6,10H,3,5,7H2.